The highest BCUT2D eigenvalue weighted by atomic mass is 16.5. The topological polar surface area (TPSA) is 88.5 Å². The summed E-state index contributed by atoms with van der Waals surface area (Å²) < 4.78 is 5.38. The Labute approximate surface area is 110 Å². The second-order valence-electron chi connectivity index (χ2n) is 4.70. The van der Waals surface area contributed by atoms with Crippen LogP contribution in [0.15, 0.2) is 18.3 Å². The predicted octanol–water partition coefficient (Wildman–Crippen LogP) is 1.68. The zero-order valence-electron chi connectivity index (χ0n) is 10.7. The quantitative estimate of drug-likeness (QED) is 0.844. The van der Waals surface area contributed by atoms with Crippen molar-refractivity contribution < 1.29 is 19.4 Å². The SMILES string of the molecule is COC1(CC(=O)Nc2ccc(C(=O)O)nc2)CCC1. The van der Waals surface area contributed by atoms with E-state index in [1.807, 2.05) is 0 Å². The highest BCUT2D eigenvalue weighted by molar-refractivity contribution is 5.92. The van der Waals surface area contributed by atoms with Crippen molar-refractivity contribution in [3.8, 4) is 0 Å². The van der Waals surface area contributed by atoms with Crippen LogP contribution >= 0.6 is 0 Å². The van der Waals surface area contributed by atoms with Gasteiger partial charge in [0.25, 0.3) is 0 Å². The molecule has 0 aromatic carbocycles. The number of carbonyl (C=O) groups excluding carboxylic acids is 1. The van der Waals surface area contributed by atoms with Crippen molar-refractivity contribution in [2.45, 2.75) is 31.3 Å². The number of pyridine rings is 1. The van der Waals surface area contributed by atoms with Gasteiger partial charge in [-0.3, -0.25) is 4.79 Å². The number of hydrogen-bond donors (Lipinski definition) is 2. The Morgan fingerprint density at radius 3 is 2.63 bits per heavy atom. The Morgan fingerprint density at radius 1 is 1.47 bits per heavy atom. The molecule has 0 aliphatic heterocycles. The zero-order chi connectivity index (χ0) is 13.9. The molecule has 0 bridgehead atoms. The van der Waals surface area contributed by atoms with E-state index in [1.54, 1.807) is 7.11 Å². The van der Waals surface area contributed by atoms with E-state index in [4.69, 9.17) is 9.84 Å². The van der Waals surface area contributed by atoms with Gasteiger partial charge in [-0.2, -0.15) is 0 Å². The third-order valence-electron chi connectivity index (χ3n) is 3.45. The van der Waals surface area contributed by atoms with Gasteiger partial charge in [-0.25, -0.2) is 9.78 Å². The van der Waals surface area contributed by atoms with Gasteiger partial charge in [0.05, 0.1) is 23.9 Å². The van der Waals surface area contributed by atoms with Crippen molar-refractivity contribution in [2.75, 3.05) is 12.4 Å². The highest BCUT2D eigenvalue weighted by Gasteiger charge is 2.38. The molecule has 6 heteroatoms. The van der Waals surface area contributed by atoms with Crippen molar-refractivity contribution in [1.82, 2.24) is 4.98 Å². The van der Waals surface area contributed by atoms with E-state index in [9.17, 15) is 9.59 Å². The van der Waals surface area contributed by atoms with Gasteiger partial charge in [0, 0.05) is 7.11 Å². The van der Waals surface area contributed by atoms with E-state index in [2.05, 4.69) is 10.3 Å². The molecule has 1 aromatic heterocycles. The average Bonchev–Trinajstić information content (AvgIpc) is 2.34. The molecule has 0 unspecified atom stereocenters. The molecule has 0 saturated heterocycles. The predicted molar refractivity (Wildman–Crippen MR) is 68.0 cm³/mol. The van der Waals surface area contributed by atoms with Gasteiger partial charge in [-0.1, -0.05) is 0 Å². The monoisotopic (exact) mass is 264 g/mol. The second kappa shape index (κ2) is 5.36. The summed E-state index contributed by atoms with van der Waals surface area (Å²) in [6, 6.07) is 2.88. The van der Waals surface area contributed by atoms with Crippen molar-refractivity contribution in [2.24, 2.45) is 0 Å². The lowest BCUT2D eigenvalue weighted by Crippen LogP contribution is -2.42. The summed E-state index contributed by atoms with van der Waals surface area (Å²) in [6.45, 7) is 0. The number of ether oxygens (including phenoxy) is 1. The van der Waals surface area contributed by atoms with Crippen LogP contribution in [0.25, 0.3) is 0 Å². The first kappa shape index (κ1) is 13.5. The van der Waals surface area contributed by atoms with Crippen LogP contribution < -0.4 is 5.32 Å². The first-order chi connectivity index (χ1) is 9.04. The number of carboxylic acids is 1. The Morgan fingerprint density at radius 2 is 2.21 bits per heavy atom. The molecule has 1 heterocycles. The van der Waals surface area contributed by atoms with E-state index in [0.29, 0.717) is 12.1 Å². The van der Waals surface area contributed by atoms with E-state index in [0.717, 1.165) is 19.3 Å². The molecule has 6 nitrogen and oxygen atoms in total. The summed E-state index contributed by atoms with van der Waals surface area (Å²) in [7, 11) is 1.62. The smallest absolute Gasteiger partial charge is 0.354 e. The van der Waals surface area contributed by atoms with Gasteiger partial charge in [0.15, 0.2) is 0 Å². The summed E-state index contributed by atoms with van der Waals surface area (Å²) in [6.07, 6.45) is 4.52. The number of anilines is 1. The Hall–Kier alpha value is -1.95. The summed E-state index contributed by atoms with van der Waals surface area (Å²) in [4.78, 5) is 26.2. The molecule has 1 saturated carbocycles. The molecule has 1 aliphatic rings. The normalized spacial score (nSPS) is 16.5. The minimum atomic E-state index is -1.09. The van der Waals surface area contributed by atoms with Gasteiger partial charge in [0.1, 0.15) is 5.69 Å². The molecule has 0 radical (unpaired) electrons. The molecular weight excluding hydrogens is 248 g/mol. The van der Waals surface area contributed by atoms with Crippen molar-refractivity contribution in [3.63, 3.8) is 0 Å². The fourth-order valence-electron chi connectivity index (χ4n) is 2.12. The minimum absolute atomic E-state index is 0.0506. The number of carbonyl (C=O) groups is 2. The summed E-state index contributed by atoms with van der Waals surface area (Å²) >= 11 is 0. The molecule has 1 aliphatic carbocycles. The maximum Gasteiger partial charge on any atom is 0.354 e. The lowest BCUT2D eigenvalue weighted by Gasteiger charge is -2.39. The van der Waals surface area contributed by atoms with E-state index < -0.39 is 5.97 Å². The van der Waals surface area contributed by atoms with E-state index in [-0.39, 0.29) is 17.2 Å². The molecular formula is C13H16N2O4. The number of carboxylic acid groups (broad SMARTS) is 1. The minimum Gasteiger partial charge on any atom is -0.477 e. The van der Waals surface area contributed by atoms with E-state index in [1.165, 1.54) is 18.3 Å². The first-order valence-electron chi connectivity index (χ1n) is 6.09. The number of rotatable bonds is 5. The third kappa shape index (κ3) is 3.08. The number of nitrogens with zero attached hydrogens (tertiary/aromatic N) is 1. The maximum atomic E-state index is 11.9. The van der Waals surface area contributed by atoms with Gasteiger partial charge < -0.3 is 15.2 Å². The summed E-state index contributed by atoms with van der Waals surface area (Å²) in [5, 5.41) is 11.4. The Bertz CT molecular complexity index is 474. The zero-order valence-corrected chi connectivity index (χ0v) is 10.7. The van der Waals surface area contributed by atoms with Crippen LogP contribution in [0.1, 0.15) is 36.2 Å². The maximum absolute atomic E-state index is 11.9. The molecule has 19 heavy (non-hydrogen) atoms. The van der Waals surface area contributed by atoms with Crippen molar-refractivity contribution in [1.29, 1.82) is 0 Å². The molecule has 1 aromatic rings. The third-order valence-corrected chi connectivity index (χ3v) is 3.45. The Kier molecular flexibility index (Phi) is 3.80. The fourth-order valence-corrected chi connectivity index (χ4v) is 2.12. The summed E-state index contributed by atoms with van der Waals surface area (Å²) in [5.41, 5.74) is 0.115. The van der Waals surface area contributed by atoms with Crippen LogP contribution in [-0.2, 0) is 9.53 Å². The van der Waals surface area contributed by atoms with Crippen LogP contribution in [-0.4, -0.2) is 34.7 Å². The van der Waals surface area contributed by atoms with Crippen molar-refractivity contribution >= 4 is 17.6 Å². The lowest BCUT2D eigenvalue weighted by molar-refractivity contribution is -0.129. The number of nitrogens with one attached hydrogen (secondary N) is 1. The number of aromatic carboxylic acids is 1. The second-order valence-corrected chi connectivity index (χ2v) is 4.70. The molecule has 102 valence electrons. The average molecular weight is 264 g/mol. The number of amides is 1. The molecule has 2 N–H and O–H groups in total. The number of aromatic nitrogens is 1. The lowest BCUT2D eigenvalue weighted by atomic mass is 9.77. The van der Waals surface area contributed by atoms with Crippen LogP contribution in [0, 0.1) is 0 Å². The molecule has 1 fully saturated rings. The van der Waals surface area contributed by atoms with Crippen LogP contribution in [0.5, 0.6) is 0 Å². The largest absolute Gasteiger partial charge is 0.477 e. The van der Waals surface area contributed by atoms with E-state index >= 15 is 0 Å². The van der Waals surface area contributed by atoms with Gasteiger partial charge >= 0.3 is 5.97 Å². The van der Waals surface area contributed by atoms with Crippen LogP contribution in [0.2, 0.25) is 0 Å². The van der Waals surface area contributed by atoms with Crippen LogP contribution in [0.4, 0.5) is 5.69 Å². The van der Waals surface area contributed by atoms with Gasteiger partial charge in [0.2, 0.25) is 5.91 Å². The van der Waals surface area contributed by atoms with Crippen LogP contribution in [0.3, 0.4) is 0 Å². The molecule has 0 atom stereocenters. The molecule has 0 spiro atoms. The van der Waals surface area contributed by atoms with Crippen molar-refractivity contribution in [3.05, 3.63) is 24.0 Å². The summed E-state index contributed by atoms with van der Waals surface area (Å²) in [5.74, 6) is -1.24. The molecule has 1 amide bonds. The standard InChI is InChI=1S/C13H16N2O4/c1-19-13(5-2-6-13)7-11(16)15-9-3-4-10(12(17)18)14-8-9/h3-4,8H,2,5-7H2,1H3,(H,15,16)(H,17,18). The fraction of sp³-hybridized carbons (Fsp3) is 0.462. The Balaban J connectivity index is 1.93. The van der Waals surface area contributed by atoms with Gasteiger partial charge in [-0.05, 0) is 31.4 Å². The number of methoxy groups -OCH3 is 1. The van der Waals surface area contributed by atoms with Gasteiger partial charge in [-0.15, -0.1) is 0 Å². The first-order valence-corrected chi connectivity index (χ1v) is 6.09. The highest BCUT2D eigenvalue weighted by Crippen LogP contribution is 2.38. The number of hydrogen-bond acceptors (Lipinski definition) is 4. The molecule has 2 rings (SSSR count).